The van der Waals surface area contributed by atoms with Crippen molar-refractivity contribution in [1.29, 1.82) is 0 Å². The van der Waals surface area contributed by atoms with Crippen molar-refractivity contribution in [2.24, 2.45) is 5.41 Å². The lowest BCUT2D eigenvalue weighted by molar-refractivity contribution is 0.0944. The zero-order valence-corrected chi connectivity index (χ0v) is 12.8. The first kappa shape index (κ1) is 15.0. The second-order valence-electron chi connectivity index (χ2n) is 5.65. The quantitative estimate of drug-likeness (QED) is 0.848. The van der Waals surface area contributed by atoms with Crippen molar-refractivity contribution in [1.82, 2.24) is 0 Å². The Morgan fingerprint density at radius 2 is 1.84 bits per heavy atom. The van der Waals surface area contributed by atoms with E-state index in [0.29, 0.717) is 10.0 Å². The Hall–Kier alpha value is -0.440. The maximum atomic E-state index is 9.69. The molecular formula is C15H21Cl2NO. The van der Waals surface area contributed by atoms with Crippen LogP contribution in [0.3, 0.4) is 0 Å². The topological polar surface area (TPSA) is 32.3 Å². The minimum absolute atomic E-state index is 0.00105. The van der Waals surface area contributed by atoms with Crippen molar-refractivity contribution < 1.29 is 5.11 Å². The number of aliphatic hydroxyl groups is 1. The molecule has 0 aliphatic heterocycles. The van der Waals surface area contributed by atoms with Gasteiger partial charge < -0.3 is 10.4 Å². The van der Waals surface area contributed by atoms with Crippen LogP contribution in [0.15, 0.2) is 12.1 Å². The lowest BCUT2D eigenvalue weighted by atomic mass is 9.74. The zero-order chi connectivity index (χ0) is 13.9. The minimum Gasteiger partial charge on any atom is -0.396 e. The molecule has 2 nitrogen and oxygen atoms in total. The number of benzene rings is 1. The maximum absolute atomic E-state index is 9.69. The van der Waals surface area contributed by atoms with Crippen LogP contribution in [0.25, 0.3) is 0 Å². The molecule has 0 atom stereocenters. The van der Waals surface area contributed by atoms with Gasteiger partial charge in [0.2, 0.25) is 0 Å². The van der Waals surface area contributed by atoms with E-state index >= 15 is 0 Å². The first-order chi connectivity index (χ1) is 9.06. The van der Waals surface area contributed by atoms with Gasteiger partial charge in [0, 0.05) is 17.0 Å². The molecule has 0 unspecified atom stereocenters. The van der Waals surface area contributed by atoms with Gasteiger partial charge in [0.15, 0.2) is 0 Å². The van der Waals surface area contributed by atoms with Gasteiger partial charge in [-0.1, -0.05) is 42.5 Å². The largest absolute Gasteiger partial charge is 0.396 e. The number of aryl methyl sites for hydroxylation is 1. The number of nitrogens with one attached hydrogen (secondary N) is 1. The summed E-state index contributed by atoms with van der Waals surface area (Å²) in [5.74, 6) is 0. The smallest absolute Gasteiger partial charge is 0.0641 e. The molecule has 0 spiro atoms. The van der Waals surface area contributed by atoms with Crippen LogP contribution in [0.5, 0.6) is 0 Å². The van der Waals surface area contributed by atoms with E-state index < -0.39 is 0 Å². The third kappa shape index (κ3) is 3.56. The normalized spacial score (nSPS) is 18.3. The zero-order valence-electron chi connectivity index (χ0n) is 11.3. The van der Waals surface area contributed by atoms with Gasteiger partial charge in [0.1, 0.15) is 0 Å². The van der Waals surface area contributed by atoms with Gasteiger partial charge in [-0.25, -0.2) is 0 Å². The van der Waals surface area contributed by atoms with Crippen LogP contribution in [-0.4, -0.2) is 18.3 Å². The fourth-order valence-electron chi connectivity index (χ4n) is 2.76. The molecule has 0 radical (unpaired) electrons. The lowest BCUT2D eigenvalue weighted by Gasteiger charge is -2.36. The highest BCUT2D eigenvalue weighted by atomic mass is 35.5. The third-order valence-corrected chi connectivity index (χ3v) is 4.87. The summed E-state index contributed by atoms with van der Waals surface area (Å²) in [6.45, 7) is 2.92. The Morgan fingerprint density at radius 3 is 2.47 bits per heavy atom. The van der Waals surface area contributed by atoms with E-state index in [0.717, 1.165) is 30.6 Å². The third-order valence-electron chi connectivity index (χ3n) is 4.15. The minimum atomic E-state index is -0.00105. The molecule has 0 saturated heterocycles. The molecule has 0 bridgehead atoms. The summed E-state index contributed by atoms with van der Waals surface area (Å²) in [5.41, 5.74) is 1.83. The van der Waals surface area contributed by atoms with Crippen LogP contribution >= 0.6 is 23.2 Å². The number of hydrogen-bond donors (Lipinski definition) is 2. The summed E-state index contributed by atoms with van der Waals surface area (Å²) in [5, 5.41) is 14.5. The number of halogens is 2. The van der Waals surface area contributed by atoms with Crippen LogP contribution in [0.2, 0.25) is 10.0 Å². The fraction of sp³-hybridized carbons (Fsp3) is 0.600. The molecule has 1 saturated carbocycles. The monoisotopic (exact) mass is 301 g/mol. The Labute approximate surface area is 125 Å². The second-order valence-corrected chi connectivity index (χ2v) is 6.47. The second kappa shape index (κ2) is 6.34. The van der Waals surface area contributed by atoms with Crippen molar-refractivity contribution in [3.05, 3.63) is 27.7 Å². The molecule has 2 rings (SSSR count). The summed E-state index contributed by atoms with van der Waals surface area (Å²) >= 11 is 12.4. The Balaban J connectivity index is 2.07. The van der Waals surface area contributed by atoms with E-state index in [1.54, 1.807) is 0 Å². The van der Waals surface area contributed by atoms with Crippen LogP contribution < -0.4 is 5.32 Å². The lowest BCUT2D eigenvalue weighted by Crippen LogP contribution is -2.35. The molecule has 1 aliphatic rings. The molecule has 0 amide bonds. The molecular weight excluding hydrogens is 281 g/mol. The van der Waals surface area contributed by atoms with E-state index in [-0.39, 0.29) is 12.0 Å². The summed E-state index contributed by atoms with van der Waals surface area (Å²) in [7, 11) is 0. The Bertz CT molecular complexity index is 442. The summed E-state index contributed by atoms with van der Waals surface area (Å²) < 4.78 is 0. The van der Waals surface area contributed by atoms with Gasteiger partial charge in [-0.15, -0.1) is 0 Å². The Kier molecular flexibility index (Phi) is 4.99. The van der Waals surface area contributed by atoms with Gasteiger partial charge in [-0.05, 0) is 37.5 Å². The summed E-state index contributed by atoms with van der Waals surface area (Å²) in [6, 6.07) is 3.74. The number of aliphatic hydroxyl groups excluding tert-OH is 1. The predicted molar refractivity (Wildman–Crippen MR) is 82.3 cm³/mol. The van der Waals surface area contributed by atoms with E-state index in [1.165, 1.54) is 19.3 Å². The molecule has 0 aromatic heterocycles. The first-order valence-corrected chi connectivity index (χ1v) is 7.62. The summed E-state index contributed by atoms with van der Waals surface area (Å²) in [6.07, 6.45) is 5.83. The van der Waals surface area contributed by atoms with E-state index in [2.05, 4.69) is 5.32 Å². The van der Waals surface area contributed by atoms with Gasteiger partial charge in [0.05, 0.1) is 17.3 Å². The van der Waals surface area contributed by atoms with Gasteiger partial charge in [-0.3, -0.25) is 0 Å². The number of anilines is 1. The molecule has 4 heteroatoms. The highest BCUT2D eigenvalue weighted by Crippen LogP contribution is 2.37. The molecule has 106 valence electrons. The average Bonchev–Trinajstić information content (AvgIpc) is 2.42. The van der Waals surface area contributed by atoms with Crippen molar-refractivity contribution in [3.8, 4) is 0 Å². The van der Waals surface area contributed by atoms with Crippen LogP contribution in [0.4, 0.5) is 5.69 Å². The van der Waals surface area contributed by atoms with Gasteiger partial charge in [-0.2, -0.15) is 0 Å². The van der Waals surface area contributed by atoms with Crippen LogP contribution in [-0.2, 0) is 0 Å². The molecule has 0 heterocycles. The molecule has 1 fully saturated rings. The predicted octanol–water partition coefficient (Wildman–Crippen LogP) is 4.66. The SMILES string of the molecule is Cc1cc(Cl)c(NCC2(CO)CCCCC2)cc1Cl. The van der Waals surface area contributed by atoms with Gasteiger partial charge in [0.25, 0.3) is 0 Å². The van der Waals surface area contributed by atoms with Crippen LogP contribution in [0, 0.1) is 12.3 Å². The molecule has 1 aromatic rings. The first-order valence-electron chi connectivity index (χ1n) is 6.87. The molecule has 1 aromatic carbocycles. The van der Waals surface area contributed by atoms with E-state index in [4.69, 9.17) is 23.2 Å². The number of rotatable bonds is 4. The molecule has 2 N–H and O–H groups in total. The van der Waals surface area contributed by atoms with Gasteiger partial charge >= 0.3 is 0 Å². The van der Waals surface area contributed by atoms with E-state index in [9.17, 15) is 5.11 Å². The highest BCUT2D eigenvalue weighted by Gasteiger charge is 2.31. The van der Waals surface area contributed by atoms with Crippen molar-refractivity contribution in [2.45, 2.75) is 39.0 Å². The average molecular weight is 302 g/mol. The van der Waals surface area contributed by atoms with E-state index in [1.807, 2.05) is 19.1 Å². The highest BCUT2D eigenvalue weighted by molar-refractivity contribution is 6.35. The van der Waals surface area contributed by atoms with Crippen molar-refractivity contribution in [3.63, 3.8) is 0 Å². The molecule has 19 heavy (non-hydrogen) atoms. The number of hydrogen-bond acceptors (Lipinski definition) is 2. The van der Waals surface area contributed by atoms with Crippen molar-refractivity contribution >= 4 is 28.9 Å². The standard InChI is InChI=1S/C15H21Cl2NO/c1-11-7-13(17)14(8-12(11)16)18-9-15(10-19)5-3-2-4-6-15/h7-8,18-19H,2-6,9-10H2,1H3. The fourth-order valence-corrected chi connectivity index (χ4v) is 3.21. The summed E-state index contributed by atoms with van der Waals surface area (Å²) in [4.78, 5) is 0. The Morgan fingerprint density at radius 1 is 1.16 bits per heavy atom. The molecule has 1 aliphatic carbocycles. The van der Waals surface area contributed by atoms with Crippen LogP contribution in [0.1, 0.15) is 37.7 Å². The van der Waals surface area contributed by atoms with Crippen molar-refractivity contribution in [2.75, 3.05) is 18.5 Å². The maximum Gasteiger partial charge on any atom is 0.0641 e.